The van der Waals surface area contributed by atoms with E-state index in [9.17, 15) is 10.2 Å². The molecular formula is C14H20O3. The molecule has 0 saturated heterocycles. The Morgan fingerprint density at radius 2 is 2.06 bits per heavy atom. The van der Waals surface area contributed by atoms with Crippen LogP contribution in [0.1, 0.15) is 44.6 Å². The fourth-order valence-electron chi connectivity index (χ4n) is 2.36. The van der Waals surface area contributed by atoms with Crippen LogP contribution in [0.4, 0.5) is 0 Å². The second-order valence-electron chi connectivity index (χ2n) is 4.75. The number of benzene rings is 1. The van der Waals surface area contributed by atoms with Crippen LogP contribution in [-0.4, -0.2) is 16.3 Å². The zero-order valence-corrected chi connectivity index (χ0v) is 10.3. The average molecular weight is 236 g/mol. The molecule has 1 atom stereocenters. The first-order chi connectivity index (χ1) is 8.20. The molecule has 1 heterocycles. The highest BCUT2D eigenvalue weighted by Gasteiger charge is 2.25. The molecule has 17 heavy (non-hydrogen) atoms. The van der Waals surface area contributed by atoms with Gasteiger partial charge in [-0.15, -0.1) is 0 Å². The zero-order chi connectivity index (χ0) is 12.3. The van der Waals surface area contributed by atoms with E-state index >= 15 is 0 Å². The van der Waals surface area contributed by atoms with Crippen LogP contribution in [0, 0.1) is 0 Å². The summed E-state index contributed by atoms with van der Waals surface area (Å²) < 4.78 is 5.71. The number of hydrogen-bond donors (Lipinski definition) is 2. The number of phenols is 2. The largest absolute Gasteiger partial charge is 0.508 e. The van der Waals surface area contributed by atoms with E-state index in [-0.39, 0.29) is 17.6 Å². The van der Waals surface area contributed by atoms with Crippen molar-refractivity contribution in [3.05, 3.63) is 17.7 Å². The molecule has 0 spiro atoms. The maximum Gasteiger partial charge on any atom is 0.164 e. The maximum atomic E-state index is 9.65. The quantitative estimate of drug-likeness (QED) is 0.771. The van der Waals surface area contributed by atoms with E-state index in [1.165, 1.54) is 31.7 Å². The minimum Gasteiger partial charge on any atom is -0.508 e. The Bertz CT molecular complexity index is 387. The molecule has 0 fully saturated rings. The van der Waals surface area contributed by atoms with Gasteiger partial charge in [0.1, 0.15) is 11.9 Å². The van der Waals surface area contributed by atoms with E-state index < -0.39 is 0 Å². The number of rotatable bonds is 5. The highest BCUT2D eigenvalue weighted by molar-refractivity contribution is 5.52. The van der Waals surface area contributed by atoms with E-state index in [0.717, 1.165) is 18.4 Å². The summed E-state index contributed by atoms with van der Waals surface area (Å²) in [5, 5.41) is 19.0. The van der Waals surface area contributed by atoms with Gasteiger partial charge in [-0.2, -0.15) is 0 Å². The normalized spacial score (nSPS) is 17.8. The molecule has 1 aromatic carbocycles. The van der Waals surface area contributed by atoms with E-state index in [0.29, 0.717) is 5.75 Å². The Morgan fingerprint density at radius 3 is 2.82 bits per heavy atom. The molecule has 1 aliphatic heterocycles. The van der Waals surface area contributed by atoms with Gasteiger partial charge >= 0.3 is 0 Å². The van der Waals surface area contributed by atoms with Gasteiger partial charge in [-0.05, 0) is 18.9 Å². The van der Waals surface area contributed by atoms with Gasteiger partial charge in [0.25, 0.3) is 0 Å². The van der Waals surface area contributed by atoms with Gasteiger partial charge in [0.2, 0.25) is 0 Å². The van der Waals surface area contributed by atoms with Crippen molar-refractivity contribution in [1.82, 2.24) is 0 Å². The lowest BCUT2D eigenvalue weighted by molar-refractivity contribution is 0.209. The first-order valence-electron chi connectivity index (χ1n) is 6.42. The molecule has 3 nitrogen and oxygen atoms in total. The van der Waals surface area contributed by atoms with Gasteiger partial charge in [0.15, 0.2) is 11.5 Å². The topological polar surface area (TPSA) is 49.7 Å². The summed E-state index contributed by atoms with van der Waals surface area (Å²) in [5.74, 6) is 0.718. The van der Waals surface area contributed by atoms with Crippen molar-refractivity contribution in [2.45, 2.75) is 51.6 Å². The fraction of sp³-hybridized carbons (Fsp3) is 0.571. The first kappa shape index (κ1) is 12.1. The monoisotopic (exact) mass is 236 g/mol. The Labute approximate surface area is 102 Å². The molecule has 2 N–H and O–H groups in total. The highest BCUT2D eigenvalue weighted by atomic mass is 16.5. The minimum atomic E-state index is 0.0519. The predicted octanol–water partition coefficient (Wildman–Crippen LogP) is 3.37. The first-order valence-corrected chi connectivity index (χ1v) is 6.42. The van der Waals surface area contributed by atoms with Crippen molar-refractivity contribution in [2.75, 3.05) is 0 Å². The van der Waals surface area contributed by atoms with Gasteiger partial charge in [-0.25, -0.2) is 0 Å². The van der Waals surface area contributed by atoms with Crippen molar-refractivity contribution in [1.29, 1.82) is 0 Å². The van der Waals surface area contributed by atoms with Crippen LogP contribution in [0.15, 0.2) is 12.1 Å². The lowest BCUT2D eigenvalue weighted by Gasteiger charge is -2.10. The summed E-state index contributed by atoms with van der Waals surface area (Å²) >= 11 is 0. The lowest BCUT2D eigenvalue weighted by atomic mass is 10.0. The summed E-state index contributed by atoms with van der Waals surface area (Å²) in [6.07, 6.45) is 6.89. The number of aromatic hydroxyl groups is 2. The van der Waals surface area contributed by atoms with Gasteiger partial charge in [0.05, 0.1) is 0 Å². The predicted molar refractivity (Wildman–Crippen MR) is 66.7 cm³/mol. The average Bonchev–Trinajstić information content (AvgIpc) is 2.67. The molecule has 0 saturated carbocycles. The number of unbranched alkanes of at least 4 members (excludes halogenated alkanes) is 3. The Kier molecular flexibility index (Phi) is 3.77. The van der Waals surface area contributed by atoms with E-state index in [2.05, 4.69) is 6.92 Å². The third-order valence-corrected chi connectivity index (χ3v) is 3.24. The van der Waals surface area contributed by atoms with E-state index in [4.69, 9.17) is 4.74 Å². The standard InChI is InChI=1S/C14H20O3/c1-2-3-4-5-6-12-8-10-7-11(15)9-13(16)14(10)17-12/h7,9,12,15-16H,2-6,8H2,1H3. The van der Waals surface area contributed by atoms with Crippen LogP contribution in [0.5, 0.6) is 17.2 Å². The molecule has 1 aliphatic rings. The van der Waals surface area contributed by atoms with Crippen molar-refractivity contribution in [3.8, 4) is 17.2 Å². The molecule has 0 amide bonds. The fourth-order valence-corrected chi connectivity index (χ4v) is 2.36. The van der Waals surface area contributed by atoms with Crippen molar-refractivity contribution < 1.29 is 14.9 Å². The van der Waals surface area contributed by atoms with Gasteiger partial charge in [-0.3, -0.25) is 0 Å². The van der Waals surface area contributed by atoms with Crippen molar-refractivity contribution >= 4 is 0 Å². The van der Waals surface area contributed by atoms with E-state index in [1.807, 2.05) is 0 Å². The number of fused-ring (bicyclic) bond motifs is 1. The van der Waals surface area contributed by atoms with E-state index in [1.54, 1.807) is 6.07 Å². The van der Waals surface area contributed by atoms with Crippen molar-refractivity contribution in [3.63, 3.8) is 0 Å². The highest BCUT2D eigenvalue weighted by Crippen LogP contribution is 2.40. The summed E-state index contributed by atoms with van der Waals surface area (Å²) in [5.41, 5.74) is 0.919. The molecule has 1 unspecified atom stereocenters. The third-order valence-electron chi connectivity index (χ3n) is 3.24. The van der Waals surface area contributed by atoms with Crippen molar-refractivity contribution in [2.24, 2.45) is 0 Å². The third kappa shape index (κ3) is 2.84. The van der Waals surface area contributed by atoms with Crippen LogP contribution in [0.25, 0.3) is 0 Å². The second-order valence-corrected chi connectivity index (χ2v) is 4.75. The lowest BCUT2D eigenvalue weighted by Crippen LogP contribution is -2.12. The van der Waals surface area contributed by atoms with Gasteiger partial charge in [-0.1, -0.05) is 26.2 Å². The van der Waals surface area contributed by atoms with Crippen LogP contribution in [0.3, 0.4) is 0 Å². The smallest absolute Gasteiger partial charge is 0.164 e. The Morgan fingerprint density at radius 1 is 1.24 bits per heavy atom. The molecular weight excluding hydrogens is 216 g/mol. The SMILES string of the molecule is CCCCCCC1Cc2cc(O)cc(O)c2O1. The molecule has 0 bridgehead atoms. The molecule has 94 valence electrons. The number of hydrogen-bond acceptors (Lipinski definition) is 3. The zero-order valence-electron chi connectivity index (χ0n) is 10.3. The summed E-state index contributed by atoms with van der Waals surface area (Å²) in [6.45, 7) is 2.20. The summed E-state index contributed by atoms with van der Waals surface area (Å²) in [6, 6.07) is 3.01. The maximum absolute atomic E-state index is 9.65. The van der Waals surface area contributed by atoms with Gasteiger partial charge < -0.3 is 14.9 Å². The number of phenolic OH excluding ortho intramolecular Hbond substituents is 2. The molecule has 0 aliphatic carbocycles. The van der Waals surface area contributed by atoms with Crippen LogP contribution >= 0.6 is 0 Å². The number of ether oxygens (including phenoxy) is 1. The van der Waals surface area contributed by atoms with Crippen LogP contribution in [0.2, 0.25) is 0 Å². The van der Waals surface area contributed by atoms with Crippen LogP contribution in [-0.2, 0) is 6.42 Å². The van der Waals surface area contributed by atoms with Crippen LogP contribution < -0.4 is 4.74 Å². The molecule has 0 radical (unpaired) electrons. The summed E-state index contributed by atoms with van der Waals surface area (Å²) in [4.78, 5) is 0. The molecule has 2 rings (SSSR count). The Hall–Kier alpha value is -1.38. The van der Waals surface area contributed by atoms with Gasteiger partial charge in [0, 0.05) is 18.1 Å². The molecule has 0 aromatic heterocycles. The minimum absolute atomic E-state index is 0.0519. The second kappa shape index (κ2) is 5.30. The molecule has 1 aromatic rings. The Balaban J connectivity index is 1.90. The molecule has 3 heteroatoms. The summed E-state index contributed by atoms with van der Waals surface area (Å²) in [7, 11) is 0.